The number of Topliss-reactive ketones (excluding diaryl/α,β-unsaturated/α-hetero) is 1. The maximum Gasteiger partial charge on any atom is 0.339 e. The van der Waals surface area contributed by atoms with E-state index in [1.165, 1.54) is 24.3 Å². The molecule has 3 aromatic rings. The van der Waals surface area contributed by atoms with Crippen LogP contribution in [0.5, 0.6) is 0 Å². The van der Waals surface area contributed by atoms with Crippen LogP contribution in [-0.2, 0) is 4.74 Å². The zero-order valence-electron chi connectivity index (χ0n) is 14.4. The SMILES string of the molecule is NC(=O)c1ccc(C(=O)O[C@@H](C(=O)c2ccccc2)c2ccccc2)cc1. The number of ketones is 1. The van der Waals surface area contributed by atoms with Gasteiger partial charge < -0.3 is 10.5 Å². The van der Waals surface area contributed by atoms with Crippen LogP contribution in [0, 0.1) is 0 Å². The van der Waals surface area contributed by atoms with E-state index in [9.17, 15) is 14.4 Å². The van der Waals surface area contributed by atoms with Crippen LogP contribution in [-0.4, -0.2) is 17.7 Å². The average molecular weight is 359 g/mol. The molecule has 1 atom stereocenters. The minimum absolute atomic E-state index is 0.224. The molecule has 0 aliphatic heterocycles. The Kier molecular flexibility index (Phi) is 5.42. The molecule has 0 aromatic heterocycles. The molecule has 3 rings (SSSR count). The van der Waals surface area contributed by atoms with Crippen molar-refractivity contribution in [1.82, 2.24) is 0 Å². The number of rotatable bonds is 6. The molecular weight excluding hydrogens is 342 g/mol. The molecule has 0 bridgehead atoms. The van der Waals surface area contributed by atoms with Crippen molar-refractivity contribution in [3.63, 3.8) is 0 Å². The van der Waals surface area contributed by atoms with Crippen LogP contribution >= 0.6 is 0 Å². The van der Waals surface area contributed by atoms with Gasteiger partial charge in [-0.2, -0.15) is 0 Å². The number of amides is 1. The Morgan fingerprint density at radius 3 is 1.74 bits per heavy atom. The highest BCUT2D eigenvalue weighted by molar-refractivity contribution is 6.02. The molecule has 3 aromatic carbocycles. The topological polar surface area (TPSA) is 86.5 Å². The van der Waals surface area contributed by atoms with Gasteiger partial charge in [0.1, 0.15) is 0 Å². The molecule has 0 heterocycles. The third-order valence-corrected chi connectivity index (χ3v) is 4.03. The van der Waals surface area contributed by atoms with Crippen molar-refractivity contribution in [2.24, 2.45) is 5.73 Å². The molecule has 134 valence electrons. The number of ether oxygens (including phenoxy) is 1. The van der Waals surface area contributed by atoms with Crippen molar-refractivity contribution in [3.05, 3.63) is 107 Å². The van der Waals surface area contributed by atoms with Gasteiger partial charge >= 0.3 is 5.97 Å². The maximum atomic E-state index is 12.9. The number of esters is 1. The maximum absolute atomic E-state index is 12.9. The molecule has 2 N–H and O–H groups in total. The summed E-state index contributed by atoms with van der Waals surface area (Å²) in [6.07, 6.45) is -1.07. The van der Waals surface area contributed by atoms with Crippen molar-refractivity contribution in [3.8, 4) is 0 Å². The Bertz CT molecular complexity index is 951. The van der Waals surface area contributed by atoms with E-state index >= 15 is 0 Å². The Balaban J connectivity index is 1.88. The predicted molar refractivity (Wildman–Crippen MR) is 100 cm³/mol. The lowest BCUT2D eigenvalue weighted by Gasteiger charge is -2.17. The van der Waals surface area contributed by atoms with Gasteiger partial charge in [0.2, 0.25) is 11.7 Å². The van der Waals surface area contributed by atoms with E-state index in [2.05, 4.69) is 0 Å². The zero-order chi connectivity index (χ0) is 19.2. The van der Waals surface area contributed by atoms with Crippen LogP contribution < -0.4 is 5.73 Å². The fourth-order valence-corrected chi connectivity index (χ4v) is 2.60. The second-order valence-corrected chi connectivity index (χ2v) is 5.87. The number of carbonyl (C=O) groups is 3. The minimum atomic E-state index is -1.07. The summed E-state index contributed by atoms with van der Waals surface area (Å²) in [6.45, 7) is 0. The first kappa shape index (κ1) is 18.1. The first-order valence-electron chi connectivity index (χ1n) is 8.31. The van der Waals surface area contributed by atoms with Crippen molar-refractivity contribution in [1.29, 1.82) is 0 Å². The van der Waals surface area contributed by atoms with E-state index in [0.29, 0.717) is 11.1 Å². The molecule has 0 aliphatic carbocycles. The molecule has 5 heteroatoms. The van der Waals surface area contributed by atoms with Crippen molar-refractivity contribution in [2.75, 3.05) is 0 Å². The Hall–Kier alpha value is -3.73. The summed E-state index contributed by atoms with van der Waals surface area (Å²) in [5.41, 5.74) is 6.73. The van der Waals surface area contributed by atoms with E-state index in [0.717, 1.165) is 0 Å². The molecule has 0 aliphatic rings. The molecule has 0 saturated carbocycles. The molecule has 1 amide bonds. The van der Waals surface area contributed by atoms with E-state index in [1.54, 1.807) is 54.6 Å². The van der Waals surface area contributed by atoms with Crippen LogP contribution in [0.15, 0.2) is 84.9 Å². The third kappa shape index (κ3) is 4.27. The van der Waals surface area contributed by atoms with Crippen molar-refractivity contribution in [2.45, 2.75) is 6.10 Å². The van der Waals surface area contributed by atoms with Crippen LogP contribution in [0.25, 0.3) is 0 Å². The molecule has 0 fully saturated rings. The molecule has 5 nitrogen and oxygen atoms in total. The molecule has 27 heavy (non-hydrogen) atoms. The van der Waals surface area contributed by atoms with Gasteiger partial charge in [-0.1, -0.05) is 60.7 Å². The lowest BCUT2D eigenvalue weighted by molar-refractivity contribution is 0.0280. The van der Waals surface area contributed by atoms with Crippen LogP contribution in [0.2, 0.25) is 0 Å². The number of primary amides is 1. The number of nitrogens with two attached hydrogens (primary N) is 1. The quantitative estimate of drug-likeness (QED) is 0.538. The summed E-state index contributed by atoms with van der Waals surface area (Å²) in [7, 11) is 0. The summed E-state index contributed by atoms with van der Waals surface area (Å²) >= 11 is 0. The second-order valence-electron chi connectivity index (χ2n) is 5.87. The van der Waals surface area contributed by atoms with Gasteiger partial charge in [0.25, 0.3) is 0 Å². The van der Waals surface area contributed by atoms with Gasteiger partial charge in [-0.25, -0.2) is 4.79 Å². The lowest BCUT2D eigenvalue weighted by atomic mass is 9.99. The van der Waals surface area contributed by atoms with Crippen LogP contribution in [0.3, 0.4) is 0 Å². The van der Waals surface area contributed by atoms with Crippen LogP contribution in [0.1, 0.15) is 42.7 Å². The highest BCUT2D eigenvalue weighted by Gasteiger charge is 2.26. The molecule has 0 unspecified atom stereocenters. The van der Waals surface area contributed by atoms with E-state index < -0.39 is 18.0 Å². The fourth-order valence-electron chi connectivity index (χ4n) is 2.60. The summed E-state index contributed by atoms with van der Waals surface area (Å²) < 4.78 is 5.53. The van der Waals surface area contributed by atoms with Gasteiger partial charge in [-0.15, -0.1) is 0 Å². The normalized spacial score (nSPS) is 11.4. The van der Waals surface area contributed by atoms with Gasteiger partial charge in [-0.05, 0) is 24.3 Å². The van der Waals surface area contributed by atoms with Gasteiger partial charge in [0, 0.05) is 16.7 Å². The van der Waals surface area contributed by atoms with E-state index in [-0.39, 0.29) is 16.9 Å². The highest BCUT2D eigenvalue weighted by atomic mass is 16.5. The standard InChI is InChI=1S/C22H17NO4/c23-21(25)17-11-13-18(14-12-17)22(26)27-20(16-9-5-2-6-10-16)19(24)15-7-3-1-4-8-15/h1-14,20H,(H2,23,25)/t20-/m1/s1. The summed E-state index contributed by atoms with van der Waals surface area (Å²) in [5.74, 6) is -1.57. The first-order chi connectivity index (χ1) is 13.1. The Morgan fingerprint density at radius 2 is 1.19 bits per heavy atom. The summed E-state index contributed by atoms with van der Waals surface area (Å²) in [5, 5.41) is 0. The highest BCUT2D eigenvalue weighted by Crippen LogP contribution is 2.24. The predicted octanol–water partition coefficient (Wildman–Crippen LogP) is 3.57. The summed E-state index contributed by atoms with van der Waals surface area (Å²) in [6, 6.07) is 23.2. The fraction of sp³-hybridized carbons (Fsp3) is 0.0455. The Morgan fingerprint density at radius 1 is 0.667 bits per heavy atom. The molecule has 0 radical (unpaired) electrons. The molecule has 0 saturated heterocycles. The average Bonchev–Trinajstić information content (AvgIpc) is 2.72. The Labute approximate surface area is 156 Å². The first-order valence-corrected chi connectivity index (χ1v) is 8.31. The number of carbonyl (C=O) groups excluding carboxylic acids is 3. The second kappa shape index (κ2) is 8.10. The number of hydrogen-bond acceptors (Lipinski definition) is 4. The lowest BCUT2D eigenvalue weighted by Crippen LogP contribution is -2.20. The monoisotopic (exact) mass is 359 g/mol. The van der Waals surface area contributed by atoms with E-state index in [1.807, 2.05) is 6.07 Å². The van der Waals surface area contributed by atoms with E-state index in [4.69, 9.17) is 10.5 Å². The van der Waals surface area contributed by atoms with Gasteiger partial charge in [0.15, 0.2) is 6.10 Å². The molecule has 0 spiro atoms. The van der Waals surface area contributed by atoms with Crippen molar-refractivity contribution < 1.29 is 19.1 Å². The smallest absolute Gasteiger partial charge is 0.339 e. The minimum Gasteiger partial charge on any atom is -0.445 e. The zero-order valence-corrected chi connectivity index (χ0v) is 14.4. The number of benzene rings is 3. The number of hydrogen-bond donors (Lipinski definition) is 1. The molecular formula is C22H17NO4. The van der Waals surface area contributed by atoms with Gasteiger partial charge in [0.05, 0.1) is 5.56 Å². The van der Waals surface area contributed by atoms with Crippen LogP contribution in [0.4, 0.5) is 0 Å². The largest absolute Gasteiger partial charge is 0.445 e. The van der Waals surface area contributed by atoms with Crippen molar-refractivity contribution >= 4 is 17.7 Å². The summed E-state index contributed by atoms with van der Waals surface area (Å²) in [4.78, 5) is 36.6. The third-order valence-electron chi connectivity index (χ3n) is 4.03. The van der Waals surface area contributed by atoms with Gasteiger partial charge in [-0.3, -0.25) is 9.59 Å².